The molecule has 0 aliphatic carbocycles. The fourth-order valence-corrected chi connectivity index (χ4v) is 3.84. The van der Waals surface area contributed by atoms with Gasteiger partial charge in [0.15, 0.2) is 5.76 Å². The van der Waals surface area contributed by atoms with E-state index in [1.807, 2.05) is 13.1 Å². The van der Waals surface area contributed by atoms with Crippen molar-refractivity contribution in [3.8, 4) is 0 Å². The van der Waals surface area contributed by atoms with Crippen LogP contribution in [-0.4, -0.2) is 41.0 Å². The van der Waals surface area contributed by atoms with Crippen LogP contribution in [0.25, 0.3) is 0 Å². The van der Waals surface area contributed by atoms with E-state index in [2.05, 4.69) is 30.7 Å². The van der Waals surface area contributed by atoms with Crippen molar-refractivity contribution in [2.24, 2.45) is 22.7 Å². The van der Waals surface area contributed by atoms with Gasteiger partial charge in [0.05, 0.1) is 18.4 Å². The molecule has 0 radical (unpaired) electrons. The Morgan fingerprint density at radius 2 is 2.14 bits per heavy atom. The summed E-state index contributed by atoms with van der Waals surface area (Å²) in [7, 11) is 0. The quantitative estimate of drug-likeness (QED) is 0.361. The number of nitrogens with one attached hydrogen (secondary N) is 1. The number of carbonyl (C=O) groups excluding carboxylic acids is 1. The molecule has 29 heavy (non-hydrogen) atoms. The number of allylic oxidation sites excluding steroid dienone is 1. The molecular formula is C22H27FN4O2. The third kappa shape index (κ3) is 4.44. The summed E-state index contributed by atoms with van der Waals surface area (Å²) in [4.78, 5) is 23.3. The molecule has 1 N–H and O–H groups in total. The monoisotopic (exact) mass is 398 g/mol. The predicted molar refractivity (Wildman–Crippen MR) is 110 cm³/mol. The zero-order chi connectivity index (χ0) is 21.1. The van der Waals surface area contributed by atoms with Crippen LogP contribution in [0.1, 0.15) is 39.8 Å². The fourth-order valence-electron chi connectivity index (χ4n) is 3.84. The zero-order valence-electron chi connectivity index (χ0n) is 17.3. The van der Waals surface area contributed by atoms with Crippen LogP contribution >= 0.6 is 0 Å². The number of aromatic nitrogens is 1. The molecule has 3 rings (SSSR count). The summed E-state index contributed by atoms with van der Waals surface area (Å²) in [6.07, 6.45) is 5.21. The highest BCUT2D eigenvalue weighted by molar-refractivity contribution is 5.98. The second-order valence-electron chi connectivity index (χ2n) is 7.68. The number of carbonyl (C=O) groups is 1. The molecule has 1 unspecified atom stereocenters. The summed E-state index contributed by atoms with van der Waals surface area (Å²) in [6, 6.07) is 2.56. The van der Waals surface area contributed by atoms with Gasteiger partial charge in [0.25, 0.3) is 5.91 Å². The van der Waals surface area contributed by atoms with E-state index in [-0.39, 0.29) is 29.2 Å². The van der Waals surface area contributed by atoms with Crippen LogP contribution in [0.2, 0.25) is 0 Å². The summed E-state index contributed by atoms with van der Waals surface area (Å²) in [5.74, 6) is 0.0276. The van der Waals surface area contributed by atoms with Crippen LogP contribution in [0.4, 0.5) is 4.39 Å². The fraction of sp³-hybridized carbons (Fsp3) is 0.455. The van der Waals surface area contributed by atoms with Crippen LogP contribution in [0, 0.1) is 29.0 Å². The molecule has 2 aliphatic heterocycles. The van der Waals surface area contributed by atoms with E-state index < -0.39 is 5.82 Å². The second kappa shape index (κ2) is 8.68. The molecule has 0 saturated heterocycles. The van der Waals surface area contributed by atoms with Crippen molar-refractivity contribution < 1.29 is 13.9 Å². The largest absolute Gasteiger partial charge is 0.432 e. The molecule has 0 aromatic carbocycles. The molecule has 1 amide bonds. The van der Waals surface area contributed by atoms with Gasteiger partial charge in [0.2, 0.25) is 5.90 Å². The van der Waals surface area contributed by atoms with Gasteiger partial charge in [-0.05, 0) is 48.0 Å². The van der Waals surface area contributed by atoms with Crippen LogP contribution in [-0.2, 0) is 9.53 Å². The van der Waals surface area contributed by atoms with E-state index in [1.165, 1.54) is 17.7 Å². The zero-order valence-corrected chi connectivity index (χ0v) is 17.3. The lowest BCUT2D eigenvalue weighted by Crippen LogP contribution is -2.44. The second-order valence-corrected chi connectivity index (χ2v) is 7.68. The first-order valence-corrected chi connectivity index (χ1v) is 9.96. The first kappa shape index (κ1) is 20.9. The maximum Gasteiger partial charge on any atom is 0.289 e. The highest BCUT2D eigenvalue weighted by Crippen LogP contribution is 2.36. The smallest absolute Gasteiger partial charge is 0.289 e. The number of hydrogen-bond acceptors (Lipinski definition) is 5. The van der Waals surface area contributed by atoms with Crippen molar-refractivity contribution >= 4 is 18.0 Å². The maximum absolute atomic E-state index is 13.2. The SMILES string of the molecule is CC/C=C(/OC(=N)c1ccc(F)cn1)C(=O)N1CC2=C(C(C)C1)[C@@H](C)[C@H](C)C=N2. The molecule has 154 valence electrons. The molecule has 0 saturated carbocycles. The number of halogens is 1. The lowest BCUT2D eigenvalue weighted by molar-refractivity contribution is -0.130. The van der Waals surface area contributed by atoms with E-state index in [1.54, 1.807) is 11.0 Å². The molecule has 3 atom stereocenters. The maximum atomic E-state index is 13.2. The number of pyridine rings is 1. The number of rotatable bonds is 4. The number of ether oxygens (including phenoxy) is 1. The van der Waals surface area contributed by atoms with Gasteiger partial charge in [-0.2, -0.15) is 0 Å². The van der Waals surface area contributed by atoms with Crippen LogP contribution < -0.4 is 0 Å². The lowest BCUT2D eigenvalue weighted by atomic mass is 9.78. The highest BCUT2D eigenvalue weighted by Gasteiger charge is 2.35. The van der Waals surface area contributed by atoms with Gasteiger partial charge in [-0.25, -0.2) is 9.37 Å². The summed E-state index contributed by atoms with van der Waals surface area (Å²) >= 11 is 0. The Labute approximate surface area is 170 Å². The first-order chi connectivity index (χ1) is 13.8. The van der Waals surface area contributed by atoms with Crippen molar-refractivity contribution in [1.29, 1.82) is 5.41 Å². The van der Waals surface area contributed by atoms with Crippen molar-refractivity contribution in [3.05, 3.63) is 52.9 Å². The van der Waals surface area contributed by atoms with E-state index >= 15 is 0 Å². The van der Waals surface area contributed by atoms with E-state index in [4.69, 9.17) is 10.1 Å². The van der Waals surface area contributed by atoms with Gasteiger partial charge >= 0.3 is 0 Å². The minimum atomic E-state index is -0.495. The third-order valence-corrected chi connectivity index (χ3v) is 5.50. The Morgan fingerprint density at radius 3 is 2.79 bits per heavy atom. The average Bonchev–Trinajstić information content (AvgIpc) is 2.70. The Morgan fingerprint density at radius 1 is 1.38 bits per heavy atom. The van der Waals surface area contributed by atoms with Gasteiger partial charge in [-0.1, -0.05) is 27.7 Å². The first-order valence-electron chi connectivity index (χ1n) is 9.96. The van der Waals surface area contributed by atoms with Gasteiger partial charge < -0.3 is 9.64 Å². The molecule has 1 aromatic rings. The highest BCUT2D eigenvalue weighted by atomic mass is 19.1. The van der Waals surface area contributed by atoms with E-state index in [0.717, 1.165) is 11.9 Å². The average molecular weight is 398 g/mol. The number of amides is 1. The molecule has 0 spiro atoms. The van der Waals surface area contributed by atoms with Gasteiger partial charge in [-0.3, -0.25) is 15.2 Å². The molecule has 6 nitrogen and oxygen atoms in total. The minimum Gasteiger partial charge on any atom is -0.432 e. The Balaban J connectivity index is 1.77. The van der Waals surface area contributed by atoms with Gasteiger partial charge in [-0.15, -0.1) is 0 Å². The summed E-state index contributed by atoms with van der Waals surface area (Å²) < 4.78 is 18.6. The van der Waals surface area contributed by atoms with E-state index in [0.29, 0.717) is 31.3 Å². The Kier molecular flexibility index (Phi) is 6.25. The van der Waals surface area contributed by atoms with E-state index in [9.17, 15) is 9.18 Å². The molecule has 1 aromatic heterocycles. The summed E-state index contributed by atoms with van der Waals surface area (Å²) in [5.41, 5.74) is 2.45. The van der Waals surface area contributed by atoms with Crippen molar-refractivity contribution in [1.82, 2.24) is 9.88 Å². The summed E-state index contributed by atoms with van der Waals surface area (Å²) in [5, 5.41) is 8.10. The molecule has 2 aliphatic rings. The Hall–Kier alpha value is -2.83. The summed E-state index contributed by atoms with van der Waals surface area (Å²) in [6.45, 7) is 9.39. The molecular weight excluding hydrogens is 371 g/mol. The third-order valence-electron chi connectivity index (χ3n) is 5.50. The topological polar surface area (TPSA) is 78.6 Å². The predicted octanol–water partition coefficient (Wildman–Crippen LogP) is 3.95. The minimum absolute atomic E-state index is 0.0843. The molecule has 0 fully saturated rings. The number of aliphatic imine (C=N–C) groups is 1. The normalized spacial score (nSPS) is 24.4. The molecule has 0 bridgehead atoms. The van der Waals surface area contributed by atoms with Gasteiger partial charge in [0, 0.05) is 12.8 Å². The molecule has 3 heterocycles. The van der Waals surface area contributed by atoms with Crippen molar-refractivity contribution in [2.75, 3.05) is 13.1 Å². The lowest BCUT2D eigenvalue weighted by Gasteiger charge is -2.39. The number of nitrogens with zero attached hydrogens (tertiary/aromatic N) is 3. The van der Waals surface area contributed by atoms with Crippen molar-refractivity contribution in [2.45, 2.75) is 34.1 Å². The van der Waals surface area contributed by atoms with Crippen LogP contribution in [0.3, 0.4) is 0 Å². The Bertz CT molecular complexity index is 889. The van der Waals surface area contributed by atoms with Crippen LogP contribution in [0.15, 0.2) is 46.4 Å². The standard InChI is InChI=1S/C22H27FN4O2/c1-5-6-19(29-21(24)17-8-7-16(23)10-26-17)22(28)27-11-14(3)20-15(4)13(2)9-25-18(20)12-27/h6-10,13-15,24H,5,11-12H2,1-4H3/b19-6+,24-21?/t13-,14?,15+/m1/s1. The number of hydrogen-bond donors (Lipinski definition) is 1. The van der Waals surface area contributed by atoms with Crippen LogP contribution in [0.5, 0.6) is 0 Å². The van der Waals surface area contributed by atoms with Gasteiger partial charge in [0.1, 0.15) is 11.5 Å². The van der Waals surface area contributed by atoms with Crippen molar-refractivity contribution in [3.63, 3.8) is 0 Å². The molecule has 7 heteroatoms.